The molecule has 0 saturated carbocycles. The first kappa shape index (κ1) is 58.7. The SMILES string of the molecule is CC/C=C\C/C=C\C/C=C\CCCCCCCCCC(=O)OC(CO)COP(=O)(O)OCC(CO)OC(=O)CCCCCCCCCCC/C=C\C/C=C\CCCCCCC. The first-order chi connectivity index (χ1) is 29.8. The fourth-order valence-electron chi connectivity index (χ4n) is 6.51. The van der Waals surface area contributed by atoms with Gasteiger partial charge in [-0.15, -0.1) is 0 Å². The van der Waals surface area contributed by atoms with Gasteiger partial charge in [0.25, 0.3) is 0 Å². The van der Waals surface area contributed by atoms with Crippen molar-refractivity contribution in [3.05, 3.63) is 60.8 Å². The number of phosphoric acid groups is 1. The number of carbonyl (C=O) groups is 2. The molecule has 0 aliphatic carbocycles. The zero-order chi connectivity index (χ0) is 44.8. The molecule has 0 amide bonds. The second-order valence-electron chi connectivity index (χ2n) is 16.1. The highest BCUT2D eigenvalue weighted by molar-refractivity contribution is 7.47. The highest BCUT2D eigenvalue weighted by Crippen LogP contribution is 2.43. The Morgan fingerprint density at radius 3 is 1.11 bits per heavy atom. The molecule has 61 heavy (non-hydrogen) atoms. The third-order valence-corrected chi connectivity index (χ3v) is 11.2. The molecule has 0 saturated heterocycles. The molecule has 0 rings (SSSR count). The maximum absolute atomic E-state index is 12.4. The zero-order valence-corrected chi connectivity index (χ0v) is 39.5. The molecule has 0 fully saturated rings. The van der Waals surface area contributed by atoms with Gasteiger partial charge in [0.15, 0.2) is 0 Å². The number of phosphoric ester groups is 1. The summed E-state index contributed by atoms with van der Waals surface area (Å²) in [6, 6.07) is 0. The monoisotopic (exact) mass is 881 g/mol. The summed E-state index contributed by atoms with van der Waals surface area (Å²) in [5, 5.41) is 19.2. The summed E-state index contributed by atoms with van der Waals surface area (Å²) in [6.07, 6.45) is 51.9. The highest BCUT2D eigenvalue weighted by atomic mass is 31.2. The summed E-state index contributed by atoms with van der Waals surface area (Å²) in [7, 11) is -4.65. The fraction of sp³-hybridized carbons (Fsp3) is 0.760. The predicted molar refractivity (Wildman–Crippen MR) is 251 cm³/mol. The second-order valence-corrected chi connectivity index (χ2v) is 17.5. The quantitative estimate of drug-likeness (QED) is 0.0233. The topological polar surface area (TPSA) is 149 Å². The first-order valence-corrected chi connectivity index (χ1v) is 25.7. The molecule has 3 unspecified atom stereocenters. The van der Waals surface area contributed by atoms with Crippen molar-refractivity contribution in [1.29, 1.82) is 0 Å². The summed E-state index contributed by atoms with van der Waals surface area (Å²) < 4.78 is 32.7. The van der Waals surface area contributed by atoms with Crippen molar-refractivity contribution in [1.82, 2.24) is 0 Å². The van der Waals surface area contributed by atoms with Crippen LogP contribution in [0.15, 0.2) is 60.8 Å². The maximum Gasteiger partial charge on any atom is 0.472 e. The van der Waals surface area contributed by atoms with E-state index in [1.54, 1.807) is 0 Å². The number of ether oxygens (including phenoxy) is 2. The lowest BCUT2D eigenvalue weighted by atomic mass is 10.1. The Balaban J connectivity index is 3.88. The van der Waals surface area contributed by atoms with Crippen LogP contribution in [0.2, 0.25) is 0 Å². The van der Waals surface area contributed by atoms with Crippen molar-refractivity contribution in [2.24, 2.45) is 0 Å². The van der Waals surface area contributed by atoms with Crippen LogP contribution in [0.25, 0.3) is 0 Å². The van der Waals surface area contributed by atoms with Gasteiger partial charge in [-0.25, -0.2) is 4.57 Å². The van der Waals surface area contributed by atoms with Gasteiger partial charge in [-0.1, -0.05) is 177 Å². The predicted octanol–water partition coefficient (Wildman–Crippen LogP) is 13.5. The molecule has 0 radical (unpaired) electrons. The Morgan fingerprint density at radius 1 is 0.459 bits per heavy atom. The third-order valence-electron chi connectivity index (χ3n) is 10.2. The van der Waals surface area contributed by atoms with E-state index in [4.69, 9.17) is 18.5 Å². The van der Waals surface area contributed by atoms with Crippen LogP contribution in [0.1, 0.15) is 206 Å². The van der Waals surface area contributed by atoms with Crippen molar-refractivity contribution >= 4 is 19.8 Å². The van der Waals surface area contributed by atoms with Crippen LogP contribution in [-0.4, -0.2) is 65.7 Å². The van der Waals surface area contributed by atoms with Crippen LogP contribution < -0.4 is 0 Å². The van der Waals surface area contributed by atoms with Gasteiger partial charge < -0.3 is 24.6 Å². The molecule has 3 atom stereocenters. The smallest absolute Gasteiger partial charge is 0.457 e. The average Bonchev–Trinajstić information content (AvgIpc) is 3.25. The van der Waals surface area contributed by atoms with Crippen molar-refractivity contribution in [2.45, 2.75) is 219 Å². The Labute approximate surface area is 372 Å². The van der Waals surface area contributed by atoms with Gasteiger partial charge in [0.05, 0.1) is 26.4 Å². The van der Waals surface area contributed by atoms with Crippen LogP contribution in [0.5, 0.6) is 0 Å². The molecular weight excluding hydrogens is 792 g/mol. The van der Waals surface area contributed by atoms with E-state index in [-0.39, 0.29) is 12.8 Å². The zero-order valence-electron chi connectivity index (χ0n) is 38.6. The molecule has 0 aliphatic rings. The Kier molecular flexibility index (Phi) is 43.9. The number of allylic oxidation sites excluding steroid dienone is 10. The number of aliphatic hydroxyl groups excluding tert-OH is 2. The second kappa shape index (κ2) is 45.7. The van der Waals surface area contributed by atoms with Crippen LogP contribution in [-0.2, 0) is 32.7 Å². The van der Waals surface area contributed by atoms with E-state index >= 15 is 0 Å². The maximum atomic E-state index is 12.4. The average molecular weight is 881 g/mol. The van der Waals surface area contributed by atoms with Gasteiger partial charge >= 0.3 is 19.8 Å². The minimum Gasteiger partial charge on any atom is -0.457 e. The number of carbonyl (C=O) groups excluding carboxylic acids is 2. The normalized spacial score (nSPS) is 14.2. The summed E-state index contributed by atoms with van der Waals surface area (Å²) >= 11 is 0. The molecule has 10 nitrogen and oxygen atoms in total. The standard InChI is InChI=1S/C50H89O10P/c1-3-5-7-9-11-13-15-17-19-21-22-23-24-26-28-30-32-34-36-38-40-42-50(54)60-48(44-52)46-58-61(55,56)57-45-47(43-51)59-49(53)41-39-37-35-33-31-29-27-25-20-18-16-14-12-10-8-6-4-2/h6,8,12,14-15,17-18,20-22,47-48,51-52H,3-5,7,9-11,13,16,19,23-46H2,1-2H3,(H,55,56)/b8-6-,14-12-,17-15-,20-18-,22-21-. The number of unbranched alkanes of at least 4 members (excludes halogenated alkanes) is 21. The Hall–Kier alpha value is -2.33. The molecular formula is C50H89O10P. The van der Waals surface area contributed by atoms with Crippen LogP contribution >= 0.6 is 7.82 Å². The van der Waals surface area contributed by atoms with Crippen LogP contribution in [0.4, 0.5) is 0 Å². The van der Waals surface area contributed by atoms with Gasteiger partial charge in [-0.05, 0) is 77.0 Å². The summed E-state index contributed by atoms with van der Waals surface area (Å²) in [6.45, 7) is 2.08. The van der Waals surface area contributed by atoms with E-state index in [0.717, 1.165) is 83.5 Å². The fourth-order valence-corrected chi connectivity index (χ4v) is 7.30. The van der Waals surface area contributed by atoms with Crippen LogP contribution in [0.3, 0.4) is 0 Å². The molecule has 0 bridgehead atoms. The van der Waals surface area contributed by atoms with Gasteiger partial charge in [-0.2, -0.15) is 0 Å². The minimum atomic E-state index is -4.65. The van der Waals surface area contributed by atoms with Gasteiger partial charge in [0.1, 0.15) is 12.2 Å². The number of aliphatic hydroxyl groups is 2. The van der Waals surface area contributed by atoms with Gasteiger partial charge in [0, 0.05) is 12.8 Å². The van der Waals surface area contributed by atoms with E-state index < -0.39 is 58.4 Å². The molecule has 0 aromatic heterocycles. The Bertz CT molecular complexity index is 1200. The molecule has 0 aromatic carbocycles. The minimum absolute atomic E-state index is 0.179. The molecule has 0 spiro atoms. The lowest BCUT2D eigenvalue weighted by Gasteiger charge is -2.20. The van der Waals surface area contributed by atoms with Crippen molar-refractivity contribution in [3.8, 4) is 0 Å². The molecule has 0 heterocycles. The van der Waals surface area contributed by atoms with E-state index in [1.807, 2.05) is 0 Å². The van der Waals surface area contributed by atoms with E-state index in [2.05, 4.69) is 74.6 Å². The van der Waals surface area contributed by atoms with E-state index in [0.29, 0.717) is 12.8 Å². The lowest BCUT2D eigenvalue weighted by molar-refractivity contribution is -0.153. The van der Waals surface area contributed by atoms with E-state index in [1.165, 1.54) is 83.5 Å². The molecule has 11 heteroatoms. The number of hydrogen-bond donors (Lipinski definition) is 3. The summed E-state index contributed by atoms with van der Waals surface area (Å²) in [5.41, 5.74) is 0. The molecule has 0 aliphatic heterocycles. The van der Waals surface area contributed by atoms with Gasteiger partial charge in [0.2, 0.25) is 0 Å². The largest absolute Gasteiger partial charge is 0.472 e. The summed E-state index contributed by atoms with van der Waals surface area (Å²) in [5.74, 6) is -1.03. The van der Waals surface area contributed by atoms with Gasteiger partial charge in [-0.3, -0.25) is 18.6 Å². The van der Waals surface area contributed by atoms with Crippen molar-refractivity contribution in [3.63, 3.8) is 0 Å². The summed E-state index contributed by atoms with van der Waals surface area (Å²) in [4.78, 5) is 34.6. The molecule has 354 valence electrons. The van der Waals surface area contributed by atoms with Crippen molar-refractivity contribution < 1.29 is 47.8 Å². The molecule has 0 aromatic rings. The first-order valence-electron chi connectivity index (χ1n) is 24.2. The Morgan fingerprint density at radius 2 is 0.770 bits per heavy atom. The number of rotatable bonds is 45. The lowest BCUT2D eigenvalue weighted by Crippen LogP contribution is -2.28. The van der Waals surface area contributed by atoms with Crippen LogP contribution in [0, 0.1) is 0 Å². The van der Waals surface area contributed by atoms with Crippen molar-refractivity contribution in [2.75, 3.05) is 26.4 Å². The number of hydrogen-bond acceptors (Lipinski definition) is 9. The third kappa shape index (κ3) is 44.1. The molecule has 3 N–H and O–H groups in total. The highest BCUT2D eigenvalue weighted by Gasteiger charge is 2.27. The van der Waals surface area contributed by atoms with E-state index in [9.17, 15) is 29.3 Å². The number of esters is 2.